The number of hydrogen-bond donors (Lipinski definition) is 3. The van der Waals surface area contributed by atoms with Gasteiger partial charge in [0.15, 0.2) is 0 Å². The summed E-state index contributed by atoms with van der Waals surface area (Å²) < 4.78 is 0. The fourth-order valence-corrected chi connectivity index (χ4v) is 2.65. The van der Waals surface area contributed by atoms with Gasteiger partial charge in [0.2, 0.25) is 0 Å². The summed E-state index contributed by atoms with van der Waals surface area (Å²) in [6.07, 6.45) is 5.92. The van der Waals surface area contributed by atoms with Gasteiger partial charge in [0.05, 0.1) is 6.10 Å². The number of aromatic nitrogens is 2. The molecule has 5 nitrogen and oxygen atoms in total. The first kappa shape index (κ1) is 15.0. The number of aliphatic hydroxyl groups is 1. The van der Waals surface area contributed by atoms with Crippen LogP contribution in [0, 0.1) is 5.92 Å². The highest BCUT2D eigenvalue weighted by molar-refractivity contribution is 5.47. The second-order valence-corrected chi connectivity index (χ2v) is 5.61. The van der Waals surface area contributed by atoms with Gasteiger partial charge in [0.25, 0.3) is 0 Å². The van der Waals surface area contributed by atoms with Crippen molar-refractivity contribution in [3.05, 3.63) is 11.9 Å². The van der Waals surface area contributed by atoms with E-state index in [1.165, 1.54) is 0 Å². The van der Waals surface area contributed by atoms with Gasteiger partial charge in [-0.15, -0.1) is 0 Å². The standard InChI is InChI=1S/C15H26N4O/c1-3-4-13-18-14(16-2)9-15(19-13)17-10-11-5-7-12(20)8-6-11/h9,11-12,20H,3-8,10H2,1-2H3,(H2,16,17,18,19). The molecule has 1 aliphatic carbocycles. The summed E-state index contributed by atoms with van der Waals surface area (Å²) in [6, 6.07) is 1.96. The molecule has 1 saturated carbocycles. The van der Waals surface area contributed by atoms with Gasteiger partial charge in [-0.25, -0.2) is 9.97 Å². The molecule has 5 heteroatoms. The fraction of sp³-hybridized carbons (Fsp3) is 0.733. The van der Waals surface area contributed by atoms with Crippen molar-refractivity contribution in [3.8, 4) is 0 Å². The van der Waals surface area contributed by atoms with Crippen LogP contribution >= 0.6 is 0 Å². The van der Waals surface area contributed by atoms with Crippen LogP contribution in [-0.4, -0.2) is 34.8 Å². The Hall–Kier alpha value is -1.36. The normalized spacial score (nSPS) is 22.6. The quantitative estimate of drug-likeness (QED) is 0.745. The lowest BCUT2D eigenvalue weighted by molar-refractivity contribution is 0.111. The Kier molecular flexibility index (Phi) is 5.59. The van der Waals surface area contributed by atoms with Gasteiger partial charge in [0.1, 0.15) is 17.5 Å². The lowest BCUT2D eigenvalue weighted by atomic mass is 9.87. The Balaban J connectivity index is 1.92. The zero-order valence-corrected chi connectivity index (χ0v) is 12.5. The van der Waals surface area contributed by atoms with E-state index in [0.29, 0.717) is 5.92 Å². The number of rotatable bonds is 6. The van der Waals surface area contributed by atoms with Crippen molar-refractivity contribution in [2.24, 2.45) is 5.92 Å². The topological polar surface area (TPSA) is 70.1 Å². The van der Waals surface area contributed by atoms with Crippen LogP contribution in [0.4, 0.5) is 11.6 Å². The number of nitrogens with zero attached hydrogens (tertiary/aromatic N) is 2. The Morgan fingerprint density at radius 3 is 2.55 bits per heavy atom. The van der Waals surface area contributed by atoms with Crippen LogP contribution in [0.1, 0.15) is 44.9 Å². The van der Waals surface area contributed by atoms with Crippen molar-refractivity contribution in [2.45, 2.75) is 51.6 Å². The fourth-order valence-electron chi connectivity index (χ4n) is 2.65. The molecule has 0 atom stereocenters. The van der Waals surface area contributed by atoms with Crippen molar-refractivity contribution in [2.75, 3.05) is 24.2 Å². The average molecular weight is 278 g/mol. The maximum atomic E-state index is 9.53. The molecule has 1 aliphatic rings. The van der Waals surface area contributed by atoms with Crippen molar-refractivity contribution < 1.29 is 5.11 Å². The summed E-state index contributed by atoms with van der Waals surface area (Å²) in [7, 11) is 1.88. The van der Waals surface area contributed by atoms with E-state index in [1.54, 1.807) is 0 Å². The molecule has 0 saturated heterocycles. The molecule has 0 spiro atoms. The number of aryl methyl sites for hydroxylation is 1. The van der Waals surface area contributed by atoms with E-state index in [1.807, 2.05) is 13.1 Å². The minimum Gasteiger partial charge on any atom is -0.393 e. The van der Waals surface area contributed by atoms with Gasteiger partial charge in [-0.2, -0.15) is 0 Å². The van der Waals surface area contributed by atoms with Gasteiger partial charge in [-0.3, -0.25) is 0 Å². The molecule has 1 heterocycles. The summed E-state index contributed by atoms with van der Waals surface area (Å²) in [4.78, 5) is 9.01. The van der Waals surface area contributed by atoms with Crippen LogP contribution < -0.4 is 10.6 Å². The molecule has 0 aromatic carbocycles. The lowest BCUT2D eigenvalue weighted by Crippen LogP contribution is -2.24. The molecule has 3 N–H and O–H groups in total. The Labute approximate surface area is 121 Å². The van der Waals surface area contributed by atoms with Crippen molar-refractivity contribution in [1.82, 2.24) is 9.97 Å². The van der Waals surface area contributed by atoms with Crippen LogP contribution in [0.15, 0.2) is 6.07 Å². The van der Waals surface area contributed by atoms with E-state index in [4.69, 9.17) is 0 Å². The summed E-state index contributed by atoms with van der Waals surface area (Å²) in [5.41, 5.74) is 0. The summed E-state index contributed by atoms with van der Waals surface area (Å²) in [6.45, 7) is 3.06. The van der Waals surface area contributed by atoms with Crippen LogP contribution in [-0.2, 0) is 6.42 Å². The third-order valence-corrected chi connectivity index (χ3v) is 3.89. The molecule has 1 fully saturated rings. The van der Waals surface area contributed by atoms with E-state index in [9.17, 15) is 5.11 Å². The molecular weight excluding hydrogens is 252 g/mol. The molecule has 0 bridgehead atoms. The molecule has 1 aromatic heterocycles. The maximum absolute atomic E-state index is 9.53. The molecule has 1 aromatic rings. The van der Waals surface area contributed by atoms with E-state index < -0.39 is 0 Å². The van der Waals surface area contributed by atoms with Gasteiger partial charge in [-0.1, -0.05) is 6.92 Å². The highest BCUT2D eigenvalue weighted by atomic mass is 16.3. The SMILES string of the molecule is CCCc1nc(NC)cc(NCC2CCC(O)CC2)n1. The Morgan fingerprint density at radius 1 is 1.20 bits per heavy atom. The number of aliphatic hydroxyl groups excluding tert-OH is 1. The summed E-state index contributed by atoms with van der Waals surface area (Å²) in [5, 5.41) is 16.0. The minimum absolute atomic E-state index is 0.0858. The zero-order valence-electron chi connectivity index (χ0n) is 12.5. The van der Waals surface area contributed by atoms with Gasteiger partial charge >= 0.3 is 0 Å². The first-order chi connectivity index (χ1) is 9.71. The van der Waals surface area contributed by atoms with Crippen molar-refractivity contribution >= 4 is 11.6 Å². The predicted octanol–water partition coefficient (Wildman–Crippen LogP) is 2.43. The molecule has 20 heavy (non-hydrogen) atoms. The van der Waals surface area contributed by atoms with Crippen molar-refractivity contribution in [1.29, 1.82) is 0 Å². The maximum Gasteiger partial charge on any atom is 0.133 e. The average Bonchev–Trinajstić information content (AvgIpc) is 2.47. The Morgan fingerprint density at radius 2 is 1.90 bits per heavy atom. The van der Waals surface area contributed by atoms with E-state index in [0.717, 1.165) is 62.5 Å². The number of anilines is 2. The monoisotopic (exact) mass is 278 g/mol. The number of nitrogens with one attached hydrogen (secondary N) is 2. The van der Waals surface area contributed by atoms with Gasteiger partial charge in [-0.05, 0) is 38.0 Å². The largest absolute Gasteiger partial charge is 0.393 e. The highest BCUT2D eigenvalue weighted by Crippen LogP contribution is 2.24. The highest BCUT2D eigenvalue weighted by Gasteiger charge is 2.19. The molecule has 2 rings (SSSR count). The van der Waals surface area contributed by atoms with Gasteiger partial charge in [0, 0.05) is 26.1 Å². The third kappa shape index (κ3) is 4.34. The molecule has 0 radical (unpaired) electrons. The smallest absolute Gasteiger partial charge is 0.133 e. The second kappa shape index (κ2) is 7.43. The molecule has 0 amide bonds. The third-order valence-electron chi connectivity index (χ3n) is 3.89. The second-order valence-electron chi connectivity index (χ2n) is 5.61. The lowest BCUT2D eigenvalue weighted by Gasteiger charge is -2.25. The summed E-state index contributed by atoms with van der Waals surface area (Å²) in [5.74, 6) is 3.30. The molecular formula is C15H26N4O. The van der Waals surface area contributed by atoms with E-state index in [2.05, 4.69) is 27.5 Å². The van der Waals surface area contributed by atoms with Crippen molar-refractivity contribution in [3.63, 3.8) is 0 Å². The first-order valence-corrected chi connectivity index (χ1v) is 7.69. The molecule has 0 aliphatic heterocycles. The van der Waals surface area contributed by atoms with Gasteiger partial charge < -0.3 is 15.7 Å². The first-order valence-electron chi connectivity index (χ1n) is 7.69. The van der Waals surface area contributed by atoms with Crippen LogP contribution in [0.5, 0.6) is 0 Å². The van der Waals surface area contributed by atoms with Crippen LogP contribution in [0.3, 0.4) is 0 Å². The van der Waals surface area contributed by atoms with E-state index in [-0.39, 0.29) is 6.10 Å². The Bertz CT molecular complexity index is 416. The number of hydrogen-bond acceptors (Lipinski definition) is 5. The zero-order chi connectivity index (χ0) is 14.4. The molecule has 0 unspecified atom stereocenters. The summed E-state index contributed by atoms with van der Waals surface area (Å²) >= 11 is 0. The molecule has 112 valence electrons. The van der Waals surface area contributed by atoms with Crippen LogP contribution in [0.2, 0.25) is 0 Å². The predicted molar refractivity (Wildman–Crippen MR) is 82.0 cm³/mol. The van der Waals surface area contributed by atoms with Crippen LogP contribution in [0.25, 0.3) is 0 Å². The van der Waals surface area contributed by atoms with E-state index >= 15 is 0 Å². The minimum atomic E-state index is -0.0858.